The van der Waals surface area contributed by atoms with E-state index in [-0.39, 0.29) is 23.1 Å². The summed E-state index contributed by atoms with van der Waals surface area (Å²) in [5, 5.41) is 5.98. The zero-order valence-electron chi connectivity index (χ0n) is 14.4. The largest absolute Gasteiger partial charge is 0.352 e. The SMILES string of the molecule is CCC(C)C(=O)Nc1cccc(CNC(=O)C2(C)CCCC2)c1. The van der Waals surface area contributed by atoms with Crippen LogP contribution in [0.25, 0.3) is 0 Å². The molecule has 0 aliphatic heterocycles. The smallest absolute Gasteiger partial charge is 0.227 e. The van der Waals surface area contributed by atoms with Crippen LogP contribution in [0.3, 0.4) is 0 Å². The van der Waals surface area contributed by atoms with Crippen LogP contribution in [0, 0.1) is 11.3 Å². The zero-order valence-corrected chi connectivity index (χ0v) is 14.4. The molecule has 0 aromatic heterocycles. The van der Waals surface area contributed by atoms with Gasteiger partial charge in [0.2, 0.25) is 11.8 Å². The van der Waals surface area contributed by atoms with E-state index in [0.717, 1.165) is 43.4 Å². The quantitative estimate of drug-likeness (QED) is 0.837. The van der Waals surface area contributed by atoms with Crippen LogP contribution < -0.4 is 10.6 Å². The third kappa shape index (κ3) is 4.57. The molecule has 1 aromatic rings. The topological polar surface area (TPSA) is 58.2 Å². The molecule has 2 amide bonds. The summed E-state index contributed by atoms with van der Waals surface area (Å²) in [6.07, 6.45) is 5.05. The number of carbonyl (C=O) groups excluding carboxylic acids is 2. The van der Waals surface area contributed by atoms with Crippen LogP contribution in [0.4, 0.5) is 5.69 Å². The minimum Gasteiger partial charge on any atom is -0.352 e. The second kappa shape index (κ2) is 7.62. The summed E-state index contributed by atoms with van der Waals surface area (Å²) in [6.45, 7) is 6.47. The first kappa shape index (κ1) is 17.5. The highest BCUT2D eigenvalue weighted by atomic mass is 16.2. The number of benzene rings is 1. The number of anilines is 1. The Labute approximate surface area is 139 Å². The fraction of sp³-hybridized carbons (Fsp3) is 0.579. The fourth-order valence-electron chi connectivity index (χ4n) is 2.99. The Morgan fingerprint density at radius 3 is 2.61 bits per heavy atom. The van der Waals surface area contributed by atoms with Gasteiger partial charge in [-0.05, 0) is 37.0 Å². The van der Waals surface area contributed by atoms with Gasteiger partial charge in [-0.2, -0.15) is 0 Å². The first-order chi connectivity index (χ1) is 10.9. The van der Waals surface area contributed by atoms with Crippen molar-refractivity contribution < 1.29 is 9.59 Å². The Morgan fingerprint density at radius 2 is 1.96 bits per heavy atom. The van der Waals surface area contributed by atoms with Crippen LogP contribution in [0.1, 0.15) is 58.4 Å². The van der Waals surface area contributed by atoms with Crippen LogP contribution in [-0.2, 0) is 16.1 Å². The predicted molar refractivity (Wildman–Crippen MR) is 92.9 cm³/mol. The number of amides is 2. The van der Waals surface area contributed by atoms with E-state index in [9.17, 15) is 9.59 Å². The minimum absolute atomic E-state index is 0.000625. The van der Waals surface area contributed by atoms with E-state index in [0.29, 0.717) is 6.54 Å². The summed E-state index contributed by atoms with van der Waals surface area (Å²) in [5.41, 5.74) is 1.58. The molecule has 1 aliphatic rings. The Bertz CT molecular complexity index is 562. The molecule has 0 saturated heterocycles. The molecule has 0 heterocycles. The number of carbonyl (C=O) groups is 2. The molecule has 1 saturated carbocycles. The molecule has 1 unspecified atom stereocenters. The maximum atomic E-state index is 12.4. The van der Waals surface area contributed by atoms with Crippen LogP contribution in [0.5, 0.6) is 0 Å². The third-order valence-corrected chi connectivity index (χ3v) is 4.96. The lowest BCUT2D eigenvalue weighted by molar-refractivity contribution is -0.130. The molecule has 1 fully saturated rings. The molecule has 1 atom stereocenters. The van der Waals surface area contributed by atoms with Crippen molar-refractivity contribution in [1.82, 2.24) is 5.32 Å². The molecule has 2 N–H and O–H groups in total. The molecule has 4 heteroatoms. The molecule has 0 radical (unpaired) electrons. The first-order valence-corrected chi connectivity index (χ1v) is 8.63. The predicted octanol–water partition coefficient (Wildman–Crippen LogP) is 3.87. The lowest BCUT2D eigenvalue weighted by Gasteiger charge is -2.22. The number of hydrogen-bond donors (Lipinski definition) is 2. The lowest BCUT2D eigenvalue weighted by atomic mass is 9.88. The van der Waals surface area contributed by atoms with E-state index in [1.165, 1.54) is 0 Å². The maximum Gasteiger partial charge on any atom is 0.227 e. The van der Waals surface area contributed by atoms with Crippen LogP contribution in [-0.4, -0.2) is 11.8 Å². The van der Waals surface area contributed by atoms with Crippen molar-refractivity contribution in [3.8, 4) is 0 Å². The fourth-order valence-corrected chi connectivity index (χ4v) is 2.99. The van der Waals surface area contributed by atoms with E-state index in [1.54, 1.807) is 0 Å². The molecule has 0 bridgehead atoms. The molecule has 1 aromatic carbocycles. The summed E-state index contributed by atoms with van der Waals surface area (Å²) in [4.78, 5) is 24.3. The van der Waals surface area contributed by atoms with Crippen molar-refractivity contribution >= 4 is 17.5 Å². The minimum atomic E-state index is -0.206. The van der Waals surface area contributed by atoms with E-state index in [4.69, 9.17) is 0 Å². The van der Waals surface area contributed by atoms with Gasteiger partial charge in [-0.1, -0.05) is 45.7 Å². The number of hydrogen-bond acceptors (Lipinski definition) is 2. The molecule has 2 rings (SSSR count). The second-order valence-electron chi connectivity index (χ2n) is 6.95. The summed E-state index contributed by atoms with van der Waals surface area (Å²) < 4.78 is 0. The van der Waals surface area contributed by atoms with Crippen molar-refractivity contribution in [2.24, 2.45) is 11.3 Å². The summed E-state index contributed by atoms with van der Waals surface area (Å²) >= 11 is 0. The third-order valence-electron chi connectivity index (χ3n) is 4.96. The normalized spacial score (nSPS) is 17.5. The zero-order chi connectivity index (χ0) is 16.9. The molecule has 23 heavy (non-hydrogen) atoms. The van der Waals surface area contributed by atoms with Gasteiger partial charge in [0.15, 0.2) is 0 Å². The highest BCUT2D eigenvalue weighted by Gasteiger charge is 2.35. The molecule has 1 aliphatic carbocycles. The Hall–Kier alpha value is -1.84. The average Bonchev–Trinajstić information content (AvgIpc) is 3.00. The van der Waals surface area contributed by atoms with Crippen molar-refractivity contribution in [2.45, 2.75) is 59.4 Å². The van der Waals surface area contributed by atoms with E-state index < -0.39 is 0 Å². The Kier molecular flexibility index (Phi) is 5.80. The van der Waals surface area contributed by atoms with Crippen molar-refractivity contribution in [3.05, 3.63) is 29.8 Å². The molecular formula is C19H28N2O2. The maximum absolute atomic E-state index is 12.4. The van der Waals surface area contributed by atoms with E-state index in [2.05, 4.69) is 17.6 Å². The average molecular weight is 316 g/mol. The van der Waals surface area contributed by atoms with Gasteiger partial charge in [-0.15, -0.1) is 0 Å². The van der Waals surface area contributed by atoms with Crippen LogP contribution in [0.2, 0.25) is 0 Å². The van der Waals surface area contributed by atoms with E-state index >= 15 is 0 Å². The van der Waals surface area contributed by atoms with Crippen LogP contribution >= 0.6 is 0 Å². The Morgan fingerprint density at radius 1 is 1.26 bits per heavy atom. The number of nitrogens with one attached hydrogen (secondary N) is 2. The second-order valence-corrected chi connectivity index (χ2v) is 6.95. The standard InChI is InChI=1S/C19H28N2O2/c1-4-14(2)17(22)21-16-9-7-8-15(12-16)13-20-18(23)19(3)10-5-6-11-19/h7-9,12,14H,4-6,10-11,13H2,1-3H3,(H,20,23)(H,21,22). The van der Waals surface area contributed by atoms with Gasteiger partial charge in [0, 0.05) is 23.6 Å². The molecular weight excluding hydrogens is 288 g/mol. The molecule has 126 valence electrons. The highest BCUT2D eigenvalue weighted by Crippen LogP contribution is 2.37. The van der Waals surface area contributed by atoms with Crippen molar-refractivity contribution in [1.29, 1.82) is 0 Å². The summed E-state index contributed by atoms with van der Waals surface area (Å²) in [6, 6.07) is 7.68. The number of rotatable bonds is 6. The first-order valence-electron chi connectivity index (χ1n) is 8.63. The summed E-state index contributed by atoms with van der Waals surface area (Å²) in [7, 11) is 0. The lowest BCUT2D eigenvalue weighted by Crippen LogP contribution is -2.36. The summed E-state index contributed by atoms with van der Waals surface area (Å²) in [5.74, 6) is 0.178. The van der Waals surface area contributed by atoms with Gasteiger partial charge in [-0.25, -0.2) is 0 Å². The Balaban J connectivity index is 1.92. The highest BCUT2D eigenvalue weighted by molar-refractivity contribution is 5.92. The molecule has 0 spiro atoms. The van der Waals surface area contributed by atoms with E-state index in [1.807, 2.05) is 38.1 Å². The van der Waals surface area contributed by atoms with Gasteiger partial charge in [-0.3, -0.25) is 9.59 Å². The van der Waals surface area contributed by atoms with Gasteiger partial charge >= 0.3 is 0 Å². The van der Waals surface area contributed by atoms with Crippen LogP contribution in [0.15, 0.2) is 24.3 Å². The van der Waals surface area contributed by atoms with Crippen molar-refractivity contribution in [3.63, 3.8) is 0 Å². The van der Waals surface area contributed by atoms with Gasteiger partial charge in [0.1, 0.15) is 0 Å². The van der Waals surface area contributed by atoms with Crippen molar-refractivity contribution in [2.75, 3.05) is 5.32 Å². The monoisotopic (exact) mass is 316 g/mol. The van der Waals surface area contributed by atoms with Gasteiger partial charge in [0.25, 0.3) is 0 Å². The van der Waals surface area contributed by atoms with Gasteiger partial charge < -0.3 is 10.6 Å². The van der Waals surface area contributed by atoms with Gasteiger partial charge in [0.05, 0.1) is 0 Å². The molecule has 4 nitrogen and oxygen atoms in total.